The average molecular weight is 388 g/mol. The Bertz CT molecular complexity index is 750. The molecule has 152 valence electrons. The number of rotatable bonds is 8. The number of aliphatic carboxylic acids is 1. The first kappa shape index (κ1) is 20.4. The number of H-pyrrole nitrogens is 1. The van der Waals surface area contributed by atoms with Crippen molar-refractivity contribution in [2.45, 2.75) is 50.9 Å². The highest BCUT2D eigenvalue weighted by atomic mass is 16.4. The fourth-order valence-corrected chi connectivity index (χ4v) is 4.18. The van der Waals surface area contributed by atoms with Crippen molar-refractivity contribution >= 4 is 5.97 Å². The molecular formula is C20H31N6O2+. The highest BCUT2D eigenvalue weighted by Crippen LogP contribution is 2.31. The molecule has 2 N–H and O–H groups in total. The van der Waals surface area contributed by atoms with Gasteiger partial charge in [0.15, 0.2) is 5.82 Å². The number of likely N-dealkylation sites (tertiary alicyclic amines) is 1. The highest BCUT2D eigenvalue weighted by molar-refractivity contribution is 5.71. The number of nitrogens with one attached hydrogen (secondary N) is 1. The van der Waals surface area contributed by atoms with Crippen LogP contribution in [0, 0.1) is 5.92 Å². The molecule has 3 heterocycles. The number of pyridine rings is 1. The SMILES string of the molecule is CCC[C@H](C(=O)O)[C@H](Cc1ccc(C2CC[N+](C)(C)CC2)nc1)c1nnn[nH]1. The maximum Gasteiger partial charge on any atom is 0.307 e. The van der Waals surface area contributed by atoms with Crippen molar-refractivity contribution in [3.05, 3.63) is 35.4 Å². The standard InChI is InChI=1S/C20H30N6O2/c1-4-5-16(20(27)28)17(19-22-24-25-23-19)12-14-6-7-18(21-13-14)15-8-10-26(2,3)11-9-15/h6-7,13,15-17H,4-5,8-12H2,1-3H3,(H-,22,23,24,25,27,28)/p+1/t16-,17-/m0/s1. The van der Waals surface area contributed by atoms with Crippen molar-refractivity contribution in [1.82, 2.24) is 25.6 Å². The maximum atomic E-state index is 11.8. The maximum absolute atomic E-state index is 11.8. The molecule has 0 amide bonds. The molecule has 28 heavy (non-hydrogen) atoms. The third kappa shape index (κ3) is 4.92. The zero-order chi connectivity index (χ0) is 20.1. The Morgan fingerprint density at radius 1 is 1.32 bits per heavy atom. The van der Waals surface area contributed by atoms with Crippen LogP contribution >= 0.6 is 0 Å². The lowest BCUT2D eigenvalue weighted by atomic mass is 9.83. The van der Waals surface area contributed by atoms with E-state index in [4.69, 9.17) is 4.98 Å². The lowest BCUT2D eigenvalue weighted by molar-refractivity contribution is -0.895. The zero-order valence-electron chi connectivity index (χ0n) is 17.0. The number of hydrogen-bond donors (Lipinski definition) is 2. The first-order valence-corrected chi connectivity index (χ1v) is 10.1. The summed E-state index contributed by atoms with van der Waals surface area (Å²) in [5, 5.41) is 23.8. The van der Waals surface area contributed by atoms with Crippen LogP contribution in [0.15, 0.2) is 18.3 Å². The van der Waals surface area contributed by atoms with Gasteiger partial charge >= 0.3 is 5.97 Å². The number of carboxylic acid groups (broad SMARTS) is 1. The lowest BCUT2D eigenvalue weighted by Crippen LogP contribution is -2.45. The normalized spacial score (nSPS) is 19.2. The Balaban J connectivity index is 1.73. The second-order valence-electron chi connectivity index (χ2n) is 8.58. The Morgan fingerprint density at radius 2 is 2.07 bits per heavy atom. The molecule has 2 aromatic heterocycles. The number of carboxylic acids is 1. The predicted molar refractivity (Wildman–Crippen MR) is 105 cm³/mol. The van der Waals surface area contributed by atoms with E-state index in [1.54, 1.807) is 0 Å². The van der Waals surface area contributed by atoms with E-state index >= 15 is 0 Å². The Morgan fingerprint density at radius 3 is 2.61 bits per heavy atom. The van der Waals surface area contributed by atoms with Gasteiger partial charge < -0.3 is 9.59 Å². The van der Waals surface area contributed by atoms with E-state index in [2.05, 4.69) is 46.9 Å². The number of piperidine rings is 1. The van der Waals surface area contributed by atoms with Crippen molar-refractivity contribution in [3.8, 4) is 0 Å². The minimum absolute atomic E-state index is 0.298. The fraction of sp³-hybridized carbons (Fsp3) is 0.650. The molecule has 2 atom stereocenters. The molecule has 2 aromatic rings. The van der Waals surface area contributed by atoms with Crippen molar-refractivity contribution in [2.75, 3.05) is 27.2 Å². The first-order chi connectivity index (χ1) is 13.4. The van der Waals surface area contributed by atoms with Crippen molar-refractivity contribution in [3.63, 3.8) is 0 Å². The second kappa shape index (κ2) is 8.77. The van der Waals surface area contributed by atoms with Crippen LogP contribution in [0.4, 0.5) is 0 Å². The summed E-state index contributed by atoms with van der Waals surface area (Å²) in [6, 6.07) is 4.19. The van der Waals surface area contributed by atoms with E-state index in [0.29, 0.717) is 24.6 Å². The topological polar surface area (TPSA) is 105 Å². The summed E-state index contributed by atoms with van der Waals surface area (Å²) in [7, 11) is 4.56. The van der Waals surface area contributed by atoms with E-state index in [-0.39, 0.29) is 5.92 Å². The molecule has 3 rings (SSSR count). The molecule has 1 saturated heterocycles. The van der Waals surface area contributed by atoms with Gasteiger partial charge in [0, 0.05) is 36.6 Å². The van der Waals surface area contributed by atoms with Gasteiger partial charge in [-0.3, -0.25) is 9.78 Å². The first-order valence-electron chi connectivity index (χ1n) is 10.1. The molecule has 1 aliphatic rings. The van der Waals surface area contributed by atoms with Crippen LogP contribution in [0.2, 0.25) is 0 Å². The van der Waals surface area contributed by atoms with Crippen LogP contribution in [0.3, 0.4) is 0 Å². The molecule has 0 unspecified atom stereocenters. The molecule has 8 nitrogen and oxygen atoms in total. The van der Waals surface area contributed by atoms with Crippen LogP contribution in [-0.2, 0) is 11.2 Å². The summed E-state index contributed by atoms with van der Waals surface area (Å²) >= 11 is 0. The quantitative estimate of drug-likeness (QED) is 0.674. The largest absolute Gasteiger partial charge is 0.481 e. The molecular weight excluding hydrogens is 356 g/mol. The summed E-state index contributed by atoms with van der Waals surface area (Å²) in [6.45, 7) is 4.34. The Hall–Kier alpha value is -2.35. The smallest absolute Gasteiger partial charge is 0.307 e. The molecule has 0 radical (unpaired) electrons. The second-order valence-corrected chi connectivity index (χ2v) is 8.58. The number of hydrogen-bond acceptors (Lipinski definition) is 5. The minimum atomic E-state index is -0.809. The van der Waals surface area contributed by atoms with Crippen LogP contribution < -0.4 is 0 Å². The minimum Gasteiger partial charge on any atom is -0.481 e. The number of tetrazole rings is 1. The van der Waals surface area contributed by atoms with Gasteiger partial charge in [-0.1, -0.05) is 19.4 Å². The molecule has 0 bridgehead atoms. The van der Waals surface area contributed by atoms with Gasteiger partial charge in [0.2, 0.25) is 0 Å². The lowest BCUT2D eigenvalue weighted by Gasteiger charge is -2.37. The van der Waals surface area contributed by atoms with E-state index in [1.807, 2.05) is 13.1 Å². The number of aromatic nitrogens is 5. The molecule has 1 fully saturated rings. The van der Waals surface area contributed by atoms with Crippen LogP contribution in [0.1, 0.15) is 61.5 Å². The summed E-state index contributed by atoms with van der Waals surface area (Å²) in [5.41, 5.74) is 2.16. The van der Waals surface area contributed by atoms with Gasteiger partial charge in [0.25, 0.3) is 0 Å². The van der Waals surface area contributed by atoms with Gasteiger partial charge in [-0.05, 0) is 34.9 Å². The number of quaternary nitrogens is 1. The molecule has 0 aromatic carbocycles. The summed E-state index contributed by atoms with van der Waals surface area (Å²) in [5.74, 6) is -0.597. The van der Waals surface area contributed by atoms with E-state index in [9.17, 15) is 9.90 Å². The highest BCUT2D eigenvalue weighted by Gasteiger charge is 2.32. The van der Waals surface area contributed by atoms with Gasteiger partial charge in [0.05, 0.1) is 33.1 Å². The van der Waals surface area contributed by atoms with Crippen LogP contribution in [0.25, 0.3) is 0 Å². The number of aromatic amines is 1. The molecule has 0 saturated carbocycles. The summed E-state index contributed by atoms with van der Waals surface area (Å²) in [6.07, 6.45) is 6.14. The third-order valence-electron chi connectivity index (χ3n) is 6.00. The molecule has 8 heteroatoms. The van der Waals surface area contributed by atoms with Gasteiger partial charge in [0.1, 0.15) is 0 Å². The molecule has 1 aliphatic heterocycles. The summed E-state index contributed by atoms with van der Waals surface area (Å²) < 4.78 is 1.08. The van der Waals surface area contributed by atoms with Crippen molar-refractivity contribution in [1.29, 1.82) is 0 Å². The average Bonchev–Trinajstić information content (AvgIpc) is 3.19. The Labute approximate surface area is 166 Å². The van der Waals surface area contributed by atoms with E-state index < -0.39 is 11.9 Å². The van der Waals surface area contributed by atoms with Gasteiger partial charge in [-0.2, -0.15) is 0 Å². The Kier molecular flexibility index (Phi) is 6.39. The van der Waals surface area contributed by atoms with Crippen molar-refractivity contribution in [2.24, 2.45) is 5.92 Å². The monoisotopic (exact) mass is 387 g/mol. The van der Waals surface area contributed by atoms with Crippen molar-refractivity contribution < 1.29 is 14.4 Å². The fourth-order valence-electron chi connectivity index (χ4n) is 4.18. The van der Waals surface area contributed by atoms with E-state index in [1.165, 1.54) is 13.1 Å². The van der Waals surface area contributed by atoms with Crippen LogP contribution in [-0.4, -0.2) is 68.4 Å². The summed E-state index contributed by atoms with van der Waals surface area (Å²) in [4.78, 5) is 16.5. The third-order valence-corrected chi connectivity index (χ3v) is 6.00. The van der Waals surface area contributed by atoms with Gasteiger partial charge in [-0.15, -0.1) is 5.10 Å². The zero-order valence-corrected chi connectivity index (χ0v) is 17.0. The van der Waals surface area contributed by atoms with Crippen LogP contribution in [0.5, 0.6) is 0 Å². The van der Waals surface area contributed by atoms with E-state index in [0.717, 1.165) is 35.0 Å². The molecule has 0 spiro atoms. The number of nitrogens with zero attached hydrogens (tertiary/aromatic N) is 5. The van der Waals surface area contributed by atoms with Gasteiger partial charge in [-0.25, -0.2) is 5.10 Å². The molecule has 0 aliphatic carbocycles. The number of carbonyl (C=O) groups is 1. The predicted octanol–water partition coefficient (Wildman–Crippen LogP) is 2.38.